The molecule has 0 radical (unpaired) electrons. The van der Waals surface area contributed by atoms with E-state index in [0.29, 0.717) is 10.9 Å². The fourth-order valence-corrected chi connectivity index (χ4v) is 3.29. The van der Waals surface area contributed by atoms with Gasteiger partial charge in [-0.2, -0.15) is 0 Å². The summed E-state index contributed by atoms with van der Waals surface area (Å²) in [4.78, 5) is 16.8. The van der Waals surface area contributed by atoms with Crippen LogP contribution in [0.15, 0.2) is 36.1 Å². The van der Waals surface area contributed by atoms with Gasteiger partial charge in [-0.1, -0.05) is 0 Å². The molecule has 0 aliphatic carbocycles. The molecule has 3 heterocycles. The van der Waals surface area contributed by atoms with E-state index in [4.69, 9.17) is 0 Å². The van der Waals surface area contributed by atoms with Crippen LogP contribution in [-0.4, -0.2) is 34.5 Å². The van der Waals surface area contributed by atoms with Crippen LogP contribution in [0.25, 0.3) is 11.0 Å². The van der Waals surface area contributed by atoms with Gasteiger partial charge in [0.2, 0.25) is 5.16 Å². The van der Waals surface area contributed by atoms with Crippen molar-refractivity contribution in [2.24, 2.45) is 0 Å². The van der Waals surface area contributed by atoms with E-state index in [0.717, 1.165) is 35.3 Å². The van der Waals surface area contributed by atoms with Gasteiger partial charge in [-0.05, 0) is 31.9 Å². The highest BCUT2D eigenvalue weighted by atomic mass is 32.2. The van der Waals surface area contributed by atoms with Crippen LogP contribution < -0.4 is 0 Å². The molecule has 3 aromatic heterocycles. The van der Waals surface area contributed by atoms with Gasteiger partial charge in [-0.25, -0.2) is 15.0 Å². The third-order valence-corrected chi connectivity index (χ3v) is 4.90. The van der Waals surface area contributed by atoms with Crippen molar-refractivity contribution in [1.29, 1.82) is 0 Å². The number of fused-ring (bicyclic) bond motifs is 1. The largest absolute Gasteiger partial charge is 0.330 e. The lowest BCUT2D eigenvalue weighted by molar-refractivity contribution is 0.658. The number of nitrogens with zero attached hydrogens (tertiary/aromatic N) is 5. The van der Waals surface area contributed by atoms with E-state index in [1.165, 1.54) is 0 Å². The van der Waals surface area contributed by atoms with Crippen molar-refractivity contribution in [3.05, 3.63) is 42.2 Å². The zero-order chi connectivity index (χ0) is 15.5. The molecule has 114 valence electrons. The average molecular weight is 315 g/mol. The van der Waals surface area contributed by atoms with Gasteiger partial charge in [0.25, 0.3) is 0 Å². The number of imidazole rings is 1. The van der Waals surface area contributed by atoms with E-state index in [2.05, 4.69) is 31.4 Å². The molecule has 0 aliphatic rings. The van der Waals surface area contributed by atoms with Crippen LogP contribution in [0.2, 0.25) is 0 Å². The molecule has 1 atom stereocenters. The third-order valence-electron chi connectivity index (χ3n) is 3.62. The Balaban J connectivity index is 1.70. The summed E-state index contributed by atoms with van der Waals surface area (Å²) in [6.45, 7) is 4.81. The Morgan fingerprint density at radius 1 is 1.14 bits per heavy atom. The Kier molecular flexibility index (Phi) is 4.24. The number of pyridine rings is 1. The van der Waals surface area contributed by atoms with Crippen molar-refractivity contribution >= 4 is 21.8 Å². The summed E-state index contributed by atoms with van der Waals surface area (Å²) in [7, 11) is -1.16. The minimum atomic E-state index is -1.16. The molecule has 0 saturated carbocycles. The molecule has 7 heteroatoms. The second kappa shape index (κ2) is 6.31. The molecule has 0 N–H and O–H groups in total. The van der Waals surface area contributed by atoms with Crippen molar-refractivity contribution in [3.8, 4) is 0 Å². The predicted octanol–water partition coefficient (Wildman–Crippen LogP) is 2.04. The molecule has 0 fully saturated rings. The van der Waals surface area contributed by atoms with Crippen molar-refractivity contribution in [2.45, 2.75) is 32.0 Å². The van der Waals surface area contributed by atoms with Crippen LogP contribution in [0, 0.1) is 13.8 Å². The first-order valence-corrected chi connectivity index (χ1v) is 8.41. The predicted molar refractivity (Wildman–Crippen MR) is 84.9 cm³/mol. The molecule has 0 aromatic carbocycles. The molecule has 0 aliphatic heterocycles. The number of hydrogen-bond donors (Lipinski definition) is 0. The number of aromatic nitrogens is 5. The molecule has 0 amide bonds. The van der Waals surface area contributed by atoms with Gasteiger partial charge in [0, 0.05) is 30.4 Å². The van der Waals surface area contributed by atoms with Crippen molar-refractivity contribution in [1.82, 2.24) is 24.5 Å². The van der Waals surface area contributed by atoms with Gasteiger partial charge in [-0.15, -0.1) is 0 Å². The fourth-order valence-electron chi connectivity index (χ4n) is 2.36. The summed E-state index contributed by atoms with van der Waals surface area (Å²) in [5, 5.41) is 0.397. The van der Waals surface area contributed by atoms with Gasteiger partial charge in [0.15, 0.2) is 0 Å². The van der Waals surface area contributed by atoms with Gasteiger partial charge in [0.05, 0.1) is 28.8 Å². The first-order chi connectivity index (χ1) is 10.7. The molecule has 0 bridgehead atoms. The first kappa shape index (κ1) is 14.8. The fraction of sp³-hybridized carbons (Fsp3) is 0.333. The summed E-state index contributed by atoms with van der Waals surface area (Å²) in [6, 6.07) is 1.72. The molecule has 0 saturated heterocycles. The lowest BCUT2D eigenvalue weighted by Crippen LogP contribution is -2.07. The summed E-state index contributed by atoms with van der Waals surface area (Å²) in [5.41, 5.74) is 4.16. The molecule has 0 spiro atoms. The Morgan fingerprint density at radius 2 is 1.91 bits per heavy atom. The highest BCUT2D eigenvalue weighted by molar-refractivity contribution is 7.84. The van der Waals surface area contributed by atoms with E-state index in [1.807, 2.05) is 13.3 Å². The van der Waals surface area contributed by atoms with E-state index in [9.17, 15) is 4.21 Å². The topological polar surface area (TPSA) is 73.6 Å². The van der Waals surface area contributed by atoms with Gasteiger partial charge in [0.1, 0.15) is 5.52 Å². The van der Waals surface area contributed by atoms with Crippen molar-refractivity contribution in [3.63, 3.8) is 0 Å². The van der Waals surface area contributed by atoms with Gasteiger partial charge >= 0.3 is 0 Å². The van der Waals surface area contributed by atoms with E-state index < -0.39 is 10.8 Å². The summed E-state index contributed by atoms with van der Waals surface area (Å²) < 4.78 is 14.2. The quantitative estimate of drug-likeness (QED) is 0.674. The average Bonchev–Trinajstić information content (AvgIpc) is 2.95. The summed E-state index contributed by atoms with van der Waals surface area (Å²) in [6.07, 6.45) is 7.62. The second-order valence-corrected chi connectivity index (χ2v) is 6.54. The number of aryl methyl sites for hydroxylation is 3. The van der Waals surface area contributed by atoms with Crippen LogP contribution in [0.1, 0.15) is 17.7 Å². The Labute approximate surface area is 131 Å². The highest BCUT2D eigenvalue weighted by Crippen LogP contribution is 2.19. The van der Waals surface area contributed by atoms with Crippen molar-refractivity contribution in [2.75, 3.05) is 5.75 Å². The Bertz CT molecular complexity index is 815. The minimum Gasteiger partial charge on any atom is -0.330 e. The van der Waals surface area contributed by atoms with Crippen LogP contribution in [0.4, 0.5) is 0 Å². The van der Waals surface area contributed by atoms with Crippen LogP contribution in [-0.2, 0) is 17.3 Å². The summed E-state index contributed by atoms with van der Waals surface area (Å²) >= 11 is 0. The highest BCUT2D eigenvalue weighted by Gasteiger charge is 2.10. The monoisotopic (exact) mass is 315 g/mol. The SMILES string of the molecule is Cc1ncc2ncn(CCCS(=O)c3ncccn3)c2c1C. The smallest absolute Gasteiger partial charge is 0.218 e. The lowest BCUT2D eigenvalue weighted by atomic mass is 10.2. The van der Waals surface area contributed by atoms with Gasteiger partial charge < -0.3 is 4.57 Å². The number of rotatable bonds is 5. The third kappa shape index (κ3) is 2.89. The normalized spacial score (nSPS) is 12.6. The molecule has 1 unspecified atom stereocenters. The van der Waals surface area contributed by atoms with Crippen LogP contribution >= 0.6 is 0 Å². The lowest BCUT2D eigenvalue weighted by Gasteiger charge is -2.07. The first-order valence-electron chi connectivity index (χ1n) is 7.09. The minimum absolute atomic E-state index is 0.397. The summed E-state index contributed by atoms with van der Waals surface area (Å²) in [5.74, 6) is 0.535. The Hall–Kier alpha value is -2.15. The van der Waals surface area contributed by atoms with E-state index >= 15 is 0 Å². The molecule has 6 nitrogen and oxygen atoms in total. The molecule has 3 aromatic rings. The standard InChI is InChI=1S/C15H17N5OS/c1-11-12(2)18-9-13-14(11)20(10-19-13)7-4-8-22(21)15-16-5-3-6-17-15/h3,5-6,9-10H,4,7-8H2,1-2H3. The maximum atomic E-state index is 12.1. The molecule has 22 heavy (non-hydrogen) atoms. The van der Waals surface area contributed by atoms with E-state index in [-0.39, 0.29) is 0 Å². The zero-order valence-electron chi connectivity index (χ0n) is 12.6. The van der Waals surface area contributed by atoms with E-state index in [1.54, 1.807) is 24.7 Å². The second-order valence-electron chi connectivity index (χ2n) is 5.07. The Morgan fingerprint density at radius 3 is 2.68 bits per heavy atom. The van der Waals surface area contributed by atoms with Crippen LogP contribution in [0.5, 0.6) is 0 Å². The van der Waals surface area contributed by atoms with Gasteiger partial charge in [-0.3, -0.25) is 9.19 Å². The maximum Gasteiger partial charge on any atom is 0.218 e. The van der Waals surface area contributed by atoms with Crippen molar-refractivity contribution < 1.29 is 4.21 Å². The maximum absolute atomic E-state index is 12.1. The molecular weight excluding hydrogens is 298 g/mol. The zero-order valence-corrected chi connectivity index (χ0v) is 13.4. The molecular formula is C15H17N5OS. The van der Waals surface area contributed by atoms with Crippen LogP contribution in [0.3, 0.4) is 0 Å². The molecule has 3 rings (SSSR count). The number of hydrogen-bond acceptors (Lipinski definition) is 5.